The molecule has 0 unspecified atom stereocenters. The molecule has 0 saturated heterocycles. The fraction of sp³-hybridized carbons (Fsp3) is 0.667. The SMILES string of the molecule is CCOC(=O)Cn1cc(NC(=O)C2CCCC2)nn1. The van der Waals surface area contributed by atoms with Crippen molar-refractivity contribution in [3.63, 3.8) is 0 Å². The topological polar surface area (TPSA) is 86.1 Å². The number of aromatic nitrogens is 3. The van der Waals surface area contributed by atoms with Gasteiger partial charge in [-0.15, -0.1) is 5.10 Å². The predicted octanol–water partition coefficient (Wildman–Crippen LogP) is 0.970. The first-order valence-corrected chi connectivity index (χ1v) is 6.55. The Hall–Kier alpha value is -1.92. The molecule has 1 saturated carbocycles. The molecule has 0 atom stereocenters. The molecule has 0 bridgehead atoms. The highest BCUT2D eigenvalue weighted by molar-refractivity contribution is 5.91. The van der Waals surface area contributed by atoms with Gasteiger partial charge in [-0.3, -0.25) is 9.59 Å². The number of ether oxygens (including phenoxy) is 1. The van der Waals surface area contributed by atoms with Gasteiger partial charge in [0, 0.05) is 5.92 Å². The van der Waals surface area contributed by atoms with E-state index in [-0.39, 0.29) is 24.3 Å². The van der Waals surface area contributed by atoms with E-state index in [1.54, 1.807) is 6.92 Å². The molecular weight excluding hydrogens is 248 g/mol. The van der Waals surface area contributed by atoms with E-state index in [4.69, 9.17) is 4.74 Å². The molecule has 104 valence electrons. The lowest BCUT2D eigenvalue weighted by Gasteiger charge is -2.07. The van der Waals surface area contributed by atoms with E-state index >= 15 is 0 Å². The summed E-state index contributed by atoms with van der Waals surface area (Å²) < 4.78 is 6.15. The highest BCUT2D eigenvalue weighted by Gasteiger charge is 2.23. The third kappa shape index (κ3) is 3.77. The fourth-order valence-electron chi connectivity index (χ4n) is 2.19. The molecule has 1 amide bonds. The maximum Gasteiger partial charge on any atom is 0.327 e. The second kappa shape index (κ2) is 6.31. The molecule has 1 N–H and O–H groups in total. The van der Waals surface area contributed by atoms with Crippen LogP contribution in [0.2, 0.25) is 0 Å². The number of nitrogens with one attached hydrogen (secondary N) is 1. The van der Waals surface area contributed by atoms with E-state index in [0.717, 1.165) is 25.7 Å². The van der Waals surface area contributed by atoms with E-state index in [2.05, 4.69) is 15.6 Å². The van der Waals surface area contributed by atoms with E-state index in [1.165, 1.54) is 10.9 Å². The van der Waals surface area contributed by atoms with Gasteiger partial charge in [0.05, 0.1) is 12.8 Å². The van der Waals surface area contributed by atoms with Crippen molar-refractivity contribution in [1.82, 2.24) is 15.0 Å². The highest BCUT2D eigenvalue weighted by atomic mass is 16.5. The summed E-state index contributed by atoms with van der Waals surface area (Å²) in [6.07, 6.45) is 5.61. The maximum absolute atomic E-state index is 11.9. The monoisotopic (exact) mass is 266 g/mol. The molecule has 0 radical (unpaired) electrons. The first kappa shape index (κ1) is 13.5. The fourth-order valence-corrected chi connectivity index (χ4v) is 2.19. The quantitative estimate of drug-likeness (QED) is 0.802. The molecule has 1 heterocycles. The Morgan fingerprint density at radius 2 is 2.21 bits per heavy atom. The Balaban J connectivity index is 1.86. The molecule has 0 aliphatic heterocycles. The minimum absolute atomic E-state index is 0.000138. The van der Waals surface area contributed by atoms with Gasteiger partial charge >= 0.3 is 5.97 Å². The van der Waals surface area contributed by atoms with Crippen LogP contribution in [0.5, 0.6) is 0 Å². The zero-order chi connectivity index (χ0) is 13.7. The second-order valence-corrected chi connectivity index (χ2v) is 4.58. The van der Waals surface area contributed by atoms with Crippen LogP contribution in [-0.2, 0) is 20.9 Å². The second-order valence-electron chi connectivity index (χ2n) is 4.58. The van der Waals surface area contributed by atoms with E-state index < -0.39 is 0 Å². The van der Waals surface area contributed by atoms with Crippen LogP contribution in [0.1, 0.15) is 32.6 Å². The number of anilines is 1. The first-order chi connectivity index (χ1) is 9.19. The summed E-state index contributed by atoms with van der Waals surface area (Å²) in [5.41, 5.74) is 0. The largest absolute Gasteiger partial charge is 0.465 e. The molecule has 1 aliphatic carbocycles. The standard InChI is InChI=1S/C12H18N4O3/c1-2-19-11(17)8-16-7-10(14-15-16)13-12(18)9-5-3-4-6-9/h7,9H,2-6,8H2,1H3,(H,13,18). The van der Waals surface area contributed by atoms with Crippen LogP contribution in [-0.4, -0.2) is 33.5 Å². The van der Waals surface area contributed by atoms with Gasteiger partial charge in [-0.25, -0.2) is 4.68 Å². The summed E-state index contributed by atoms with van der Waals surface area (Å²) in [7, 11) is 0. The summed E-state index contributed by atoms with van der Waals surface area (Å²) >= 11 is 0. The zero-order valence-electron chi connectivity index (χ0n) is 11.0. The van der Waals surface area contributed by atoms with Crippen LogP contribution in [0.15, 0.2) is 6.20 Å². The van der Waals surface area contributed by atoms with Crippen LogP contribution in [0.4, 0.5) is 5.82 Å². The van der Waals surface area contributed by atoms with Gasteiger partial charge < -0.3 is 10.1 Å². The van der Waals surface area contributed by atoms with Gasteiger partial charge in [-0.05, 0) is 19.8 Å². The Labute approximate surface area is 111 Å². The van der Waals surface area contributed by atoms with Crippen LogP contribution < -0.4 is 5.32 Å². The number of carbonyl (C=O) groups is 2. The number of nitrogens with zero attached hydrogens (tertiary/aromatic N) is 3. The third-order valence-electron chi connectivity index (χ3n) is 3.11. The van der Waals surface area contributed by atoms with Gasteiger partial charge in [0.15, 0.2) is 5.82 Å². The molecule has 7 nitrogen and oxygen atoms in total. The molecule has 19 heavy (non-hydrogen) atoms. The number of rotatable bonds is 5. The van der Waals surface area contributed by atoms with Crippen molar-refractivity contribution in [1.29, 1.82) is 0 Å². The lowest BCUT2D eigenvalue weighted by atomic mass is 10.1. The van der Waals surface area contributed by atoms with Crippen LogP contribution in [0.25, 0.3) is 0 Å². The van der Waals surface area contributed by atoms with Gasteiger partial charge in [-0.2, -0.15) is 0 Å². The van der Waals surface area contributed by atoms with Crippen molar-refractivity contribution in [2.24, 2.45) is 5.92 Å². The maximum atomic E-state index is 11.9. The van der Waals surface area contributed by atoms with Crippen molar-refractivity contribution >= 4 is 17.7 Å². The van der Waals surface area contributed by atoms with Crippen LogP contribution in [0.3, 0.4) is 0 Å². The van der Waals surface area contributed by atoms with Crippen molar-refractivity contribution in [3.8, 4) is 0 Å². The summed E-state index contributed by atoms with van der Waals surface area (Å²) in [5, 5.41) is 10.3. The average molecular weight is 266 g/mol. The molecule has 7 heteroatoms. The molecular formula is C12H18N4O3. The average Bonchev–Trinajstić information content (AvgIpc) is 3.00. The zero-order valence-corrected chi connectivity index (χ0v) is 11.0. The summed E-state index contributed by atoms with van der Waals surface area (Å²) in [6.45, 7) is 2.07. The Bertz CT molecular complexity index is 452. The van der Waals surface area contributed by atoms with Crippen molar-refractivity contribution in [3.05, 3.63) is 6.20 Å². The number of hydrogen-bond donors (Lipinski definition) is 1. The van der Waals surface area contributed by atoms with Gasteiger partial charge in [-0.1, -0.05) is 18.1 Å². The molecule has 1 aromatic rings. The number of amides is 1. The normalized spacial score (nSPS) is 15.4. The smallest absolute Gasteiger partial charge is 0.327 e. The van der Waals surface area contributed by atoms with E-state index in [1.807, 2.05) is 0 Å². The lowest BCUT2D eigenvalue weighted by Crippen LogP contribution is -2.20. The van der Waals surface area contributed by atoms with Gasteiger partial charge in [0.2, 0.25) is 5.91 Å². The lowest BCUT2D eigenvalue weighted by molar-refractivity contribution is -0.144. The van der Waals surface area contributed by atoms with Gasteiger partial charge in [0.25, 0.3) is 0 Å². The Morgan fingerprint density at radius 3 is 2.89 bits per heavy atom. The molecule has 1 aliphatic rings. The third-order valence-corrected chi connectivity index (χ3v) is 3.11. The summed E-state index contributed by atoms with van der Waals surface area (Å²) in [5.74, 6) is 0.0677. The van der Waals surface area contributed by atoms with Crippen LogP contribution >= 0.6 is 0 Å². The van der Waals surface area contributed by atoms with Crippen molar-refractivity contribution in [2.45, 2.75) is 39.2 Å². The number of hydrogen-bond acceptors (Lipinski definition) is 5. The Morgan fingerprint density at radius 1 is 1.47 bits per heavy atom. The highest BCUT2D eigenvalue weighted by Crippen LogP contribution is 2.25. The number of carbonyl (C=O) groups excluding carboxylic acids is 2. The summed E-state index contributed by atoms with van der Waals surface area (Å²) in [6, 6.07) is 0. The van der Waals surface area contributed by atoms with Crippen LogP contribution in [0, 0.1) is 5.92 Å². The number of esters is 1. The minimum atomic E-state index is -0.374. The first-order valence-electron chi connectivity index (χ1n) is 6.55. The van der Waals surface area contributed by atoms with E-state index in [0.29, 0.717) is 12.4 Å². The van der Waals surface area contributed by atoms with Crippen molar-refractivity contribution < 1.29 is 14.3 Å². The Kier molecular flexibility index (Phi) is 4.48. The minimum Gasteiger partial charge on any atom is -0.465 e. The van der Waals surface area contributed by atoms with Gasteiger partial charge in [0.1, 0.15) is 6.54 Å². The molecule has 0 spiro atoms. The predicted molar refractivity (Wildman–Crippen MR) is 67.2 cm³/mol. The van der Waals surface area contributed by atoms with Crippen molar-refractivity contribution in [2.75, 3.05) is 11.9 Å². The van der Waals surface area contributed by atoms with E-state index in [9.17, 15) is 9.59 Å². The molecule has 2 rings (SSSR count). The summed E-state index contributed by atoms with van der Waals surface area (Å²) in [4.78, 5) is 23.1. The molecule has 0 aromatic carbocycles. The molecule has 1 fully saturated rings. The molecule has 1 aromatic heterocycles.